The van der Waals surface area contributed by atoms with Crippen molar-refractivity contribution < 1.29 is 19.0 Å². The van der Waals surface area contributed by atoms with Crippen molar-refractivity contribution in [2.24, 2.45) is 0 Å². The van der Waals surface area contributed by atoms with Crippen molar-refractivity contribution in [2.75, 3.05) is 17.7 Å². The quantitative estimate of drug-likeness (QED) is 0.652. The van der Waals surface area contributed by atoms with Gasteiger partial charge in [0.2, 0.25) is 0 Å². The molecule has 0 unspecified atom stereocenters. The Kier molecular flexibility index (Phi) is 4.72. The molecule has 0 atom stereocenters. The molecule has 0 radical (unpaired) electrons. The van der Waals surface area contributed by atoms with Crippen LogP contribution in [0.5, 0.6) is 5.75 Å². The van der Waals surface area contributed by atoms with Crippen LogP contribution in [0.25, 0.3) is 0 Å². The summed E-state index contributed by atoms with van der Waals surface area (Å²) in [6, 6.07) is 4.94. The molecule has 0 fully saturated rings. The minimum Gasteiger partial charge on any atom is -0.494 e. The smallest absolute Gasteiger partial charge is 0.325 e. The van der Waals surface area contributed by atoms with Crippen LogP contribution >= 0.6 is 0 Å². The molecule has 2 aromatic rings. The van der Waals surface area contributed by atoms with Crippen LogP contribution in [0.4, 0.5) is 22.0 Å². The van der Waals surface area contributed by atoms with Crippen LogP contribution in [0.15, 0.2) is 28.8 Å². The van der Waals surface area contributed by atoms with E-state index in [0.717, 1.165) is 0 Å². The van der Waals surface area contributed by atoms with Gasteiger partial charge in [0, 0.05) is 17.5 Å². The third kappa shape index (κ3) is 4.00. The van der Waals surface area contributed by atoms with E-state index in [1.54, 1.807) is 6.07 Å². The Morgan fingerprint density at radius 3 is 2.54 bits per heavy atom. The molecule has 0 aliphatic rings. The van der Waals surface area contributed by atoms with Gasteiger partial charge in [-0.1, -0.05) is 25.9 Å². The maximum atomic E-state index is 12.0. The van der Waals surface area contributed by atoms with Crippen molar-refractivity contribution in [1.29, 1.82) is 0 Å². The Hall–Kier alpha value is -3.10. The fourth-order valence-electron chi connectivity index (χ4n) is 1.85. The van der Waals surface area contributed by atoms with E-state index < -0.39 is 11.0 Å². The molecule has 0 saturated heterocycles. The highest BCUT2D eigenvalue weighted by atomic mass is 16.6. The zero-order chi connectivity index (χ0) is 17.9. The van der Waals surface area contributed by atoms with Crippen LogP contribution in [0, 0.1) is 10.1 Å². The lowest BCUT2D eigenvalue weighted by molar-refractivity contribution is -0.384. The SMILES string of the molecule is COc1cc([N+](=O)[O-])ccc1NC(=O)Nc1cc(C(C)(C)C)on1. The van der Waals surface area contributed by atoms with Gasteiger partial charge in [-0.3, -0.25) is 15.4 Å². The van der Waals surface area contributed by atoms with Gasteiger partial charge in [-0.25, -0.2) is 4.79 Å². The van der Waals surface area contributed by atoms with Crippen LogP contribution < -0.4 is 15.4 Å². The summed E-state index contributed by atoms with van der Waals surface area (Å²) in [5.41, 5.74) is -0.0744. The molecule has 0 saturated carbocycles. The van der Waals surface area contributed by atoms with Gasteiger partial charge in [0.05, 0.1) is 23.8 Å². The number of hydrogen-bond donors (Lipinski definition) is 2. The summed E-state index contributed by atoms with van der Waals surface area (Å²) in [5.74, 6) is 1.07. The lowest BCUT2D eigenvalue weighted by Gasteiger charge is -2.12. The predicted octanol–water partition coefficient (Wildman–Crippen LogP) is 3.53. The summed E-state index contributed by atoms with van der Waals surface area (Å²) < 4.78 is 10.2. The summed E-state index contributed by atoms with van der Waals surface area (Å²) in [4.78, 5) is 22.2. The maximum absolute atomic E-state index is 12.0. The minimum atomic E-state index is -0.573. The molecule has 9 nitrogen and oxygen atoms in total. The zero-order valence-corrected chi connectivity index (χ0v) is 13.7. The van der Waals surface area contributed by atoms with E-state index in [4.69, 9.17) is 9.26 Å². The number of aromatic nitrogens is 1. The van der Waals surface area contributed by atoms with Crippen LogP contribution in [-0.4, -0.2) is 23.2 Å². The molecule has 2 N–H and O–H groups in total. The molecule has 0 aliphatic heterocycles. The molecule has 0 aliphatic carbocycles. The average molecular weight is 334 g/mol. The lowest BCUT2D eigenvalue weighted by Crippen LogP contribution is -2.20. The maximum Gasteiger partial charge on any atom is 0.325 e. The van der Waals surface area contributed by atoms with Crippen molar-refractivity contribution in [3.05, 3.63) is 40.1 Å². The summed E-state index contributed by atoms with van der Waals surface area (Å²) in [6.07, 6.45) is 0. The van der Waals surface area contributed by atoms with Gasteiger partial charge >= 0.3 is 6.03 Å². The van der Waals surface area contributed by atoms with Crippen molar-refractivity contribution in [3.63, 3.8) is 0 Å². The normalized spacial score (nSPS) is 11.0. The van der Waals surface area contributed by atoms with E-state index in [2.05, 4.69) is 15.8 Å². The average Bonchev–Trinajstić information content (AvgIpc) is 2.95. The molecule has 0 spiro atoms. The third-order valence-electron chi connectivity index (χ3n) is 3.14. The standard InChI is InChI=1S/C15H18N4O5/c1-15(2,3)12-8-13(18-24-12)17-14(20)16-10-6-5-9(19(21)22)7-11(10)23-4/h5-8H,1-4H3,(H2,16,17,18,20). The first kappa shape index (κ1) is 17.3. The number of nitro benzene ring substituents is 1. The molecule has 1 heterocycles. The van der Waals surface area contributed by atoms with E-state index in [0.29, 0.717) is 11.4 Å². The van der Waals surface area contributed by atoms with Crippen molar-refractivity contribution in [2.45, 2.75) is 26.2 Å². The van der Waals surface area contributed by atoms with E-state index in [-0.39, 0.29) is 22.7 Å². The molecule has 128 valence electrons. The first-order chi connectivity index (χ1) is 11.2. The largest absolute Gasteiger partial charge is 0.494 e. The molecule has 2 amide bonds. The number of ether oxygens (including phenoxy) is 1. The fourth-order valence-corrected chi connectivity index (χ4v) is 1.85. The summed E-state index contributed by atoms with van der Waals surface area (Å²) in [5, 5.41) is 19.6. The van der Waals surface area contributed by atoms with Gasteiger partial charge in [-0.15, -0.1) is 0 Å². The number of methoxy groups -OCH3 is 1. The second-order valence-electron chi connectivity index (χ2n) is 6.05. The van der Waals surface area contributed by atoms with Crippen molar-refractivity contribution >= 4 is 23.2 Å². The molecule has 1 aromatic carbocycles. The molecule has 1 aromatic heterocycles. The number of carbonyl (C=O) groups excluding carboxylic acids is 1. The monoisotopic (exact) mass is 334 g/mol. The first-order valence-corrected chi connectivity index (χ1v) is 7.08. The van der Waals surface area contributed by atoms with E-state index in [9.17, 15) is 14.9 Å². The van der Waals surface area contributed by atoms with Crippen molar-refractivity contribution in [3.8, 4) is 5.75 Å². The second kappa shape index (κ2) is 6.57. The number of urea groups is 1. The van der Waals surface area contributed by atoms with Gasteiger partial charge in [0.25, 0.3) is 5.69 Å². The molecular weight excluding hydrogens is 316 g/mol. The first-order valence-electron chi connectivity index (χ1n) is 7.08. The van der Waals surface area contributed by atoms with Crippen LogP contribution in [-0.2, 0) is 5.41 Å². The Balaban J connectivity index is 2.10. The predicted molar refractivity (Wildman–Crippen MR) is 87.5 cm³/mol. The van der Waals surface area contributed by atoms with Gasteiger partial charge in [-0.2, -0.15) is 0 Å². The molecule has 0 bridgehead atoms. The minimum absolute atomic E-state index is 0.135. The van der Waals surface area contributed by atoms with Crippen molar-refractivity contribution in [1.82, 2.24) is 5.16 Å². The highest BCUT2D eigenvalue weighted by Crippen LogP contribution is 2.29. The number of amides is 2. The number of nitro groups is 1. The molecular formula is C15H18N4O5. The van der Waals surface area contributed by atoms with Gasteiger partial charge in [0.1, 0.15) is 11.5 Å². The highest BCUT2D eigenvalue weighted by molar-refractivity contribution is 6.00. The number of hydrogen-bond acceptors (Lipinski definition) is 6. The van der Waals surface area contributed by atoms with E-state index in [1.165, 1.54) is 25.3 Å². The number of non-ortho nitro benzene ring substituents is 1. The number of benzene rings is 1. The lowest BCUT2D eigenvalue weighted by atomic mass is 9.93. The van der Waals surface area contributed by atoms with Gasteiger partial charge < -0.3 is 14.6 Å². The third-order valence-corrected chi connectivity index (χ3v) is 3.14. The molecule has 9 heteroatoms. The fraction of sp³-hybridized carbons (Fsp3) is 0.333. The van der Waals surface area contributed by atoms with E-state index in [1.807, 2.05) is 20.8 Å². The number of anilines is 2. The summed E-state index contributed by atoms with van der Waals surface area (Å²) in [6.45, 7) is 5.87. The van der Waals surface area contributed by atoms with Gasteiger partial charge in [0.15, 0.2) is 5.82 Å². The number of nitrogens with zero attached hydrogens (tertiary/aromatic N) is 2. The summed E-state index contributed by atoms with van der Waals surface area (Å²) >= 11 is 0. The summed E-state index contributed by atoms with van der Waals surface area (Å²) in [7, 11) is 1.36. The second-order valence-corrected chi connectivity index (χ2v) is 6.05. The van der Waals surface area contributed by atoms with E-state index >= 15 is 0 Å². The topological polar surface area (TPSA) is 120 Å². The number of carbonyl (C=O) groups is 1. The Morgan fingerprint density at radius 1 is 1.29 bits per heavy atom. The highest BCUT2D eigenvalue weighted by Gasteiger charge is 2.20. The molecule has 2 rings (SSSR count). The Bertz CT molecular complexity index is 763. The van der Waals surface area contributed by atoms with Crippen LogP contribution in [0.1, 0.15) is 26.5 Å². The van der Waals surface area contributed by atoms with Crippen LogP contribution in [0.3, 0.4) is 0 Å². The Labute approximate surface area is 138 Å². The van der Waals surface area contributed by atoms with Gasteiger partial charge in [-0.05, 0) is 6.07 Å². The number of nitrogens with one attached hydrogen (secondary N) is 2. The zero-order valence-electron chi connectivity index (χ0n) is 13.7. The number of rotatable bonds is 4. The Morgan fingerprint density at radius 2 is 2.00 bits per heavy atom. The van der Waals surface area contributed by atoms with Crippen LogP contribution in [0.2, 0.25) is 0 Å². The molecule has 24 heavy (non-hydrogen) atoms.